The van der Waals surface area contributed by atoms with Crippen LogP contribution in [0.5, 0.6) is 0 Å². The monoisotopic (exact) mass is 293 g/mol. The lowest BCUT2D eigenvalue weighted by molar-refractivity contribution is -0.136. The van der Waals surface area contributed by atoms with E-state index in [1.54, 1.807) is 13.2 Å². The molecular formula is C15H23N3O3. The van der Waals surface area contributed by atoms with Gasteiger partial charge >= 0.3 is 0 Å². The third kappa shape index (κ3) is 5.83. The van der Waals surface area contributed by atoms with E-state index in [4.69, 9.17) is 16.2 Å². The predicted octanol–water partition coefficient (Wildman–Crippen LogP) is 0.898. The Morgan fingerprint density at radius 2 is 2.00 bits per heavy atom. The average molecular weight is 293 g/mol. The van der Waals surface area contributed by atoms with Gasteiger partial charge in [0.25, 0.3) is 0 Å². The van der Waals surface area contributed by atoms with E-state index in [0.717, 1.165) is 5.56 Å². The lowest BCUT2D eigenvalue weighted by atomic mass is 10.1. The van der Waals surface area contributed by atoms with Crippen molar-refractivity contribution >= 4 is 17.5 Å². The second-order valence-electron chi connectivity index (χ2n) is 5.00. The van der Waals surface area contributed by atoms with Crippen molar-refractivity contribution in [2.24, 2.45) is 5.73 Å². The fourth-order valence-electron chi connectivity index (χ4n) is 1.91. The van der Waals surface area contributed by atoms with E-state index >= 15 is 0 Å². The summed E-state index contributed by atoms with van der Waals surface area (Å²) in [5.41, 5.74) is 12.5. The van der Waals surface area contributed by atoms with E-state index in [-0.39, 0.29) is 25.1 Å². The first kappa shape index (κ1) is 17.0. The maximum Gasteiger partial charge on any atom is 0.237 e. The first-order valence-corrected chi connectivity index (χ1v) is 6.86. The summed E-state index contributed by atoms with van der Waals surface area (Å²) in [5, 5.41) is 0. The van der Waals surface area contributed by atoms with Gasteiger partial charge < -0.3 is 21.1 Å². The number of hydrogen-bond acceptors (Lipinski definition) is 4. The van der Waals surface area contributed by atoms with Crippen LogP contribution in [-0.4, -0.2) is 36.5 Å². The molecule has 0 radical (unpaired) electrons. The molecule has 1 aromatic carbocycles. The van der Waals surface area contributed by atoms with E-state index < -0.39 is 5.91 Å². The molecule has 4 N–H and O–H groups in total. The van der Waals surface area contributed by atoms with Crippen LogP contribution in [-0.2, 0) is 20.9 Å². The number of rotatable bonds is 8. The highest BCUT2D eigenvalue weighted by Gasteiger charge is 2.18. The topological polar surface area (TPSA) is 98.6 Å². The normalized spacial score (nSPS) is 11.9. The molecule has 0 heterocycles. The van der Waals surface area contributed by atoms with Crippen molar-refractivity contribution in [2.45, 2.75) is 32.4 Å². The van der Waals surface area contributed by atoms with E-state index in [1.165, 1.54) is 4.90 Å². The first-order valence-electron chi connectivity index (χ1n) is 6.86. The number of hydrogen-bond donors (Lipinski definition) is 2. The molecule has 116 valence electrons. The molecule has 0 saturated carbocycles. The highest BCUT2D eigenvalue weighted by molar-refractivity contribution is 5.83. The van der Waals surface area contributed by atoms with Gasteiger partial charge in [-0.1, -0.05) is 18.2 Å². The van der Waals surface area contributed by atoms with E-state index in [0.29, 0.717) is 18.5 Å². The maximum atomic E-state index is 12.2. The number of primary amides is 1. The van der Waals surface area contributed by atoms with Crippen LogP contribution in [0.25, 0.3) is 0 Å². The zero-order valence-electron chi connectivity index (χ0n) is 12.5. The lowest BCUT2D eigenvalue weighted by Crippen LogP contribution is -2.38. The van der Waals surface area contributed by atoms with Crippen LogP contribution in [0.3, 0.4) is 0 Å². The van der Waals surface area contributed by atoms with Crippen LogP contribution in [0.15, 0.2) is 24.3 Å². The quantitative estimate of drug-likeness (QED) is 0.696. The molecule has 0 bridgehead atoms. The number of benzene rings is 1. The summed E-state index contributed by atoms with van der Waals surface area (Å²) in [7, 11) is 1.60. The van der Waals surface area contributed by atoms with Gasteiger partial charge in [0.1, 0.15) is 0 Å². The molecule has 2 amide bonds. The number of amides is 2. The van der Waals surface area contributed by atoms with Gasteiger partial charge in [-0.3, -0.25) is 9.59 Å². The largest absolute Gasteiger partial charge is 0.398 e. The molecule has 0 fully saturated rings. The third-order valence-corrected chi connectivity index (χ3v) is 3.28. The van der Waals surface area contributed by atoms with Crippen LogP contribution in [0.2, 0.25) is 0 Å². The second kappa shape index (κ2) is 8.26. The summed E-state index contributed by atoms with van der Waals surface area (Å²) in [4.78, 5) is 24.8. The molecule has 1 atom stereocenters. The summed E-state index contributed by atoms with van der Waals surface area (Å²) >= 11 is 0. The minimum Gasteiger partial charge on any atom is -0.398 e. The molecule has 1 rings (SSSR count). The van der Waals surface area contributed by atoms with Crippen molar-refractivity contribution in [3.63, 3.8) is 0 Å². The Balaban J connectivity index is 2.73. The predicted molar refractivity (Wildman–Crippen MR) is 81.2 cm³/mol. The Morgan fingerprint density at radius 3 is 2.57 bits per heavy atom. The highest BCUT2D eigenvalue weighted by Crippen LogP contribution is 2.14. The zero-order chi connectivity index (χ0) is 15.8. The molecule has 0 saturated heterocycles. The fourth-order valence-corrected chi connectivity index (χ4v) is 1.91. The molecular weight excluding hydrogens is 270 g/mol. The molecule has 6 heteroatoms. The van der Waals surface area contributed by atoms with E-state index in [1.807, 2.05) is 25.1 Å². The van der Waals surface area contributed by atoms with E-state index in [9.17, 15) is 9.59 Å². The summed E-state index contributed by atoms with van der Waals surface area (Å²) in [6, 6.07) is 7.24. The van der Waals surface area contributed by atoms with Crippen LogP contribution in [0, 0.1) is 0 Å². The van der Waals surface area contributed by atoms with Crippen LogP contribution >= 0.6 is 0 Å². The first-order chi connectivity index (χ1) is 9.93. The number of para-hydroxylation sites is 1. The number of carbonyl (C=O) groups excluding carboxylic acids is 2. The van der Waals surface area contributed by atoms with Crippen LogP contribution in [0.4, 0.5) is 5.69 Å². The Labute approximate surface area is 125 Å². The Morgan fingerprint density at radius 1 is 1.33 bits per heavy atom. The molecule has 1 unspecified atom stereocenters. The summed E-state index contributed by atoms with van der Waals surface area (Å²) in [6.45, 7) is 2.05. The van der Waals surface area contributed by atoms with Gasteiger partial charge in [-0.2, -0.15) is 0 Å². The SMILES string of the molecule is COC(C)CCC(=O)N(CC(N)=O)Cc1ccccc1N. The Bertz CT molecular complexity index is 491. The molecule has 0 aromatic heterocycles. The van der Waals surface area contributed by atoms with Gasteiger partial charge in [-0.25, -0.2) is 0 Å². The van der Waals surface area contributed by atoms with Crippen molar-refractivity contribution in [1.82, 2.24) is 4.90 Å². The molecule has 6 nitrogen and oxygen atoms in total. The lowest BCUT2D eigenvalue weighted by Gasteiger charge is -2.22. The summed E-state index contributed by atoms with van der Waals surface area (Å²) < 4.78 is 5.12. The van der Waals surface area contributed by atoms with Gasteiger partial charge in [0.2, 0.25) is 11.8 Å². The van der Waals surface area contributed by atoms with Crippen molar-refractivity contribution in [3.8, 4) is 0 Å². The van der Waals surface area contributed by atoms with Gasteiger partial charge in [0.05, 0.1) is 12.6 Å². The fraction of sp³-hybridized carbons (Fsp3) is 0.467. The number of nitrogens with two attached hydrogens (primary N) is 2. The van der Waals surface area contributed by atoms with Gasteiger partial charge in [-0.15, -0.1) is 0 Å². The standard InChI is InChI=1S/C15H23N3O3/c1-11(21-2)7-8-15(20)18(10-14(17)19)9-12-5-3-4-6-13(12)16/h3-6,11H,7-10,16H2,1-2H3,(H2,17,19). The van der Waals surface area contributed by atoms with Gasteiger partial charge in [-0.05, 0) is 25.0 Å². The summed E-state index contributed by atoms with van der Waals surface area (Å²) in [5.74, 6) is -0.682. The number of ether oxygens (including phenoxy) is 1. The van der Waals surface area contributed by atoms with Gasteiger partial charge in [0, 0.05) is 25.8 Å². The number of methoxy groups -OCH3 is 1. The smallest absolute Gasteiger partial charge is 0.237 e. The molecule has 0 spiro atoms. The molecule has 21 heavy (non-hydrogen) atoms. The highest BCUT2D eigenvalue weighted by atomic mass is 16.5. The van der Waals surface area contributed by atoms with Gasteiger partial charge in [0.15, 0.2) is 0 Å². The zero-order valence-corrected chi connectivity index (χ0v) is 12.5. The molecule has 0 aliphatic carbocycles. The minimum absolute atomic E-state index is 0.00817. The number of anilines is 1. The van der Waals surface area contributed by atoms with Crippen molar-refractivity contribution in [3.05, 3.63) is 29.8 Å². The number of nitrogen functional groups attached to an aromatic ring is 1. The van der Waals surface area contributed by atoms with Crippen molar-refractivity contribution in [1.29, 1.82) is 0 Å². The van der Waals surface area contributed by atoms with E-state index in [2.05, 4.69) is 0 Å². The minimum atomic E-state index is -0.544. The second-order valence-corrected chi connectivity index (χ2v) is 5.00. The van der Waals surface area contributed by atoms with Crippen LogP contribution in [0.1, 0.15) is 25.3 Å². The number of carbonyl (C=O) groups is 2. The maximum absolute atomic E-state index is 12.2. The Hall–Kier alpha value is -2.08. The van der Waals surface area contributed by atoms with Crippen molar-refractivity contribution in [2.75, 3.05) is 19.4 Å². The molecule has 0 aliphatic heterocycles. The summed E-state index contributed by atoms with van der Waals surface area (Å²) in [6.07, 6.45) is 0.885. The van der Waals surface area contributed by atoms with Crippen molar-refractivity contribution < 1.29 is 14.3 Å². The average Bonchev–Trinajstić information content (AvgIpc) is 2.45. The number of nitrogens with zero attached hydrogens (tertiary/aromatic N) is 1. The third-order valence-electron chi connectivity index (χ3n) is 3.28. The molecule has 1 aromatic rings. The van der Waals surface area contributed by atoms with Crippen LogP contribution < -0.4 is 11.5 Å². The molecule has 0 aliphatic rings. The Kier molecular flexibility index (Phi) is 6.68.